The van der Waals surface area contributed by atoms with Crippen LogP contribution in [0.2, 0.25) is 0 Å². The second-order valence-electron chi connectivity index (χ2n) is 7.82. The van der Waals surface area contributed by atoms with Gasteiger partial charge in [0.25, 0.3) is 23.7 Å². The minimum absolute atomic E-state index is 0.00859. The van der Waals surface area contributed by atoms with Gasteiger partial charge in [0.1, 0.15) is 17.4 Å². The molecule has 0 N–H and O–H groups in total. The molecule has 4 rings (SSSR count). The van der Waals surface area contributed by atoms with Gasteiger partial charge in [-0.1, -0.05) is 6.57 Å². The lowest BCUT2D eigenvalue weighted by atomic mass is 10.0. The number of nitrogens with zero attached hydrogens (tertiary/aromatic N) is 6. The summed E-state index contributed by atoms with van der Waals surface area (Å²) in [5.74, 6) is -1.29. The largest absolute Gasteiger partial charge is 0.360 e. The van der Waals surface area contributed by atoms with Crippen LogP contribution in [0.3, 0.4) is 0 Å². The standard InChI is InChI=1S/C21H15F3N6O2S/c1-10-5-11(8-26-17(10)25-4)29-19(32)21(2,3)30(20(29)33)12-6-13(22)18-27-14(16(23)24)7-15(31)28(18)9-12/h5-9,16H,1-3H3. The quantitative estimate of drug-likeness (QED) is 0.425. The van der Waals surface area contributed by atoms with Crippen molar-refractivity contribution in [2.75, 3.05) is 9.80 Å². The molecule has 8 nitrogen and oxygen atoms in total. The van der Waals surface area contributed by atoms with E-state index in [1.807, 2.05) is 0 Å². The maximum Gasteiger partial charge on any atom is 0.280 e. The fourth-order valence-corrected chi connectivity index (χ4v) is 4.17. The van der Waals surface area contributed by atoms with Crippen LogP contribution in [0.25, 0.3) is 10.5 Å². The van der Waals surface area contributed by atoms with Crippen molar-refractivity contribution in [2.45, 2.75) is 32.7 Å². The first kappa shape index (κ1) is 22.3. The summed E-state index contributed by atoms with van der Waals surface area (Å²) in [5, 5.41) is -0.00859. The van der Waals surface area contributed by atoms with Gasteiger partial charge in [-0.3, -0.25) is 18.9 Å². The Bertz CT molecular complexity index is 1450. The molecular weight excluding hydrogens is 457 g/mol. The van der Waals surface area contributed by atoms with Crippen LogP contribution in [0.1, 0.15) is 31.5 Å². The van der Waals surface area contributed by atoms with Crippen LogP contribution in [-0.4, -0.2) is 30.9 Å². The fourth-order valence-electron chi connectivity index (χ4n) is 3.65. The molecule has 1 aliphatic heterocycles. The van der Waals surface area contributed by atoms with E-state index in [0.717, 1.165) is 10.5 Å². The predicted molar refractivity (Wildman–Crippen MR) is 118 cm³/mol. The first-order valence-electron chi connectivity index (χ1n) is 9.51. The normalized spacial score (nSPS) is 15.6. The Morgan fingerprint density at radius 3 is 2.48 bits per heavy atom. The summed E-state index contributed by atoms with van der Waals surface area (Å²) in [6, 6.07) is 3.19. The number of hydrogen-bond donors (Lipinski definition) is 0. The third-order valence-corrected chi connectivity index (χ3v) is 5.64. The SMILES string of the molecule is [C-]#[N+]c1ncc(N2C(=O)C(C)(C)N(c3cc(F)c4nc(C(F)F)cc(=O)n4c3)C2=S)cc1C. The molecule has 3 aromatic rings. The number of aromatic nitrogens is 3. The summed E-state index contributed by atoms with van der Waals surface area (Å²) in [4.78, 5) is 39.1. The summed E-state index contributed by atoms with van der Waals surface area (Å²) >= 11 is 5.53. The lowest BCUT2D eigenvalue weighted by molar-refractivity contribution is -0.120. The monoisotopic (exact) mass is 472 g/mol. The molecule has 3 aromatic heterocycles. The molecule has 33 heavy (non-hydrogen) atoms. The number of carbonyl (C=O) groups is 1. The zero-order valence-electron chi connectivity index (χ0n) is 17.5. The van der Waals surface area contributed by atoms with Crippen LogP contribution in [0, 0.1) is 19.3 Å². The van der Waals surface area contributed by atoms with Crippen LogP contribution >= 0.6 is 12.2 Å². The minimum Gasteiger partial charge on any atom is -0.360 e. The van der Waals surface area contributed by atoms with Crippen molar-refractivity contribution in [2.24, 2.45) is 0 Å². The number of thiocarbonyl (C=S) groups is 1. The number of rotatable bonds is 3. The molecular formula is C21H15F3N6O2S. The summed E-state index contributed by atoms with van der Waals surface area (Å²) < 4.78 is 41.6. The van der Waals surface area contributed by atoms with Crippen LogP contribution in [0.15, 0.2) is 35.4 Å². The first-order valence-corrected chi connectivity index (χ1v) is 9.92. The third kappa shape index (κ3) is 3.41. The lowest BCUT2D eigenvalue weighted by Gasteiger charge is -2.29. The second kappa shape index (κ2) is 7.63. The van der Waals surface area contributed by atoms with E-state index < -0.39 is 40.6 Å². The highest BCUT2D eigenvalue weighted by Crippen LogP contribution is 2.37. The van der Waals surface area contributed by atoms with Gasteiger partial charge in [0, 0.05) is 18.3 Å². The van der Waals surface area contributed by atoms with Crippen molar-refractivity contribution in [1.82, 2.24) is 14.4 Å². The van der Waals surface area contributed by atoms with E-state index in [0.29, 0.717) is 17.3 Å². The smallest absolute Gasteiger partial charge is 0.280 e. The van der Waals surface area contributed by atoms with E-state index in [4.69, 9.17) is 18.8 Å². The van der Waals surface area contributed by atoms with Crippen molar-refractivity contribution in [3.8, 4) is 0 Å². The van der Waals surface area contributed by atoms with E-state index in [9.17, 15) is 22.8 Å². The fraction of sp³-hybridized carbons (Fsp3) is 0.238. The highest BCUT2D eigenvalue weighted by molar-refractivity contribution is 7.81. The molecule has 0 saturated carbocycles. The molecule has 0 bridgehead atoms. The van der Waals surface area contributed by atoms with Crippen LogP contribution in [0.5, 0.6) is 0 Å². The number of pyridine rings is 2. The van der Waals surface area contributed by atoms with E-state index in [-0.39, 0.29) is 16.6 Å². The highest BCUT2D eigenvalue weighted by Gasteiger charge is 2.51. The average molecular weight is 472 g/mol. The Balaban J connectivity index is 1.86. The molecule has 0 aromatic carbocycles. The second-order valence-corrected chi connectivity index (χ2v) is 8.19. The Kier molecular flexibility index (Phi) is 5.17. The summed E-state index contributed by atoms with van der Waals surface area (Å²) in [6.45, 7) is 11.9. The van der Waals surface area contributed by atoms with E-state index in [2.05, 4.69) is 14.8 Å². The number of carbonyl (C=O) groups excluding carboxylic acids is 1. The van der Waals surface area contributed by atoms with Gasteiger partial charge in [0.15, 0.2) is 16.6 Å². The molecule has 1 amide bonds. The maximum atomic E-state index is 14.9. The van der Waals surface area contributed by atoms with Gasteiger partial charge in [-0.25, -0.2) is 18.2 Å². The maximum absolute atomic E-state index is 14.9. The molecule has 0 radical (unpaired) electrons. The van der Waals surface area contributed by atoms with Gasteiger partial charge in [0.2, 0.25) is 0 Å². The van der Waals surface area contributed by atoms with Gasteiger partial charge < -0.3 is 9.74 Å². The van der Waals surface area contributed by atoms with Crippen LogP contribution in [-0.2, 0) is 4.79 Å². The van der Waals surface area contributed by atoms with Gasteiger partial charge in [-0.05, 0) is 44.6 Å². The molecule has 4 heterocycles. The highest BCUT2D eigenvalue weighted by atomic mass is 32.1. The van der Waals surface area contributed by atoms with Crippen LogP contribution in [0.4, 0.5) is 30.4 Å². The third-order valence-electron chi connectivity index (χ3n) is 5.27. The van der Waals surface area contributed by atoms with Crippen molar-refractivity contribution in [3.05, 3.63) is 69.4 Å². The van der Waals surface area contributed by atoms with Crippen molar-refractivity contribution < 1.29 is 18.0 Å². The topological polar surface area (TPSA) is 75.2 Å². The van der Waals surface area contributed by atoms with Gasteiger partial charge in [-0.2, -0.15) is 0 Å². The summed E-state index contributed by atoms with van der Waals surface area (Å²) in [6.07, 6.45) is -0.505. The zero-order valence-corrected chi connectivity index (χ0v) is 18.3. The van der Waals surface area contributed by atoms with Crippen molar-refractivity contribution >= 4 is 46.1 Å². The molecule has 0 unspecified atom stereocenters. The number of amides is 1. The Morgan fingerprint density at radius 1 is 1.18 bits per heavy atom. The molecule has 12 heteroatoms. The van der Waals surface area contributed by atoms with Gasteiger partial charge >= 0.3 is 0 Å². The number of fused-ring (bicyclic) bond motifs is 1. The van der Waals surface area contributed by atoms with E-state index >= 15 is 0 Å². The summed E-state index contributed by atoms with van der Waals surface area (Å²) in [7, 11) is 0. The van der Waals surface area contributed by atoms with Gasteiger partial charge in [0.05, 0.1) is 11.4 Å². The molecule has 1 saturated heterocycles. The molecule has 1 fully saturated rings. The van der Waals surface area contributed by atoms with Crippen molar-refractivity contribution in [3.63, 3.8) is 0 Å². The summed E-state index contributed by atoms with van der Waals surface area (Å²) in [5.41, 5.74) is -2.67. The number of alkyl halides is 2. The number of anilines is 2. The van der Waals surface area contributed by atoms with Crippen molar-refractivity contribution in [1.29, 1.82) is 0 Å². The molecule has 0 spiro atoms. The average Bonchev–Trinajstić information content (AvgIpc) is 2.92. The van der Waals surface area contributed by atoms with Crippen LogP contribution < -0.4 is 15.4 Å². The molecule has 168 valence electrons. The number of halogens is 3. The Labute approximate surface area is 190 Å². The lowest BCUT2D eigenvalue weighted by Crippen LogP contribution is -2.44. The predicted octanol–water partition coefficient (Wildman–Crippen LogP) is 3.94. The zero-order chi connectivity index (χ0) is 24.2. The molecule has 0 aliphatic carbocycles. The minimum atomic E-state index is -3.04. The molecule has 0 atom stereocenters. The van der Waals surface area contributed by atoms with Gasteiger partial charge in [-0.15, -0.1) is 4.98 Å². The van der Waals surface area contributed by atoms with E-state index in [1.54, 1.807) is 26.8 Å². The number of aryl methyl sites for hydroxylation is 1. The number of hydrogen-bond acceptors (Lipinski definition) is 5. The Hall–Kier alpha value is -3.85. The van der Waals surface area contributed by atoms with E-state index in [1.165, 1.54) is 22.2 Å². The Morgan fingerprint density at radius 2 is 1.88 bits per heavy atom. The molecule has 1 aliphatic rings. The first-order chi connectivity index (χ1) is 15.5.